The van der Waals surface area contributed by atoms with Gasteiger partial charge in [-0.25, -0.2) is 0 Å². The highest BCUT2D eigenvalue weighted by Gasteiger charge is 2.16. The smallest absolute Gasteiger partial charge is 0.0573 e. The number of pyridine rings is 1. The molecule has 1 atom stereocenters. The van der Waals surface area contributed by atoms with Crippen molar-refractivity contribution in [2.45, 2.75) is 32.6 Å². The molecule has 2 rings (SSSR count). The molecule has 1 aliphatic rings. The maximum absolute atomic E-state index is 5.77. The summed E-state index contributed by atoms with van der Waals surface area (Å²) >= 11 is 0. The molecule has 1 fully saturated rings. The SMILES string of the molecule is CCC1CCCN(c2cncc(N)c2)CC1. The van der Waals surface area contributed by atoms with E-state index in [1.54, 1.807) is 6.20 Å². The first-order valence-electron chi connectivity index (χ1n) is 6.25. The number of nitrogens with two attached hydrogens (primary N) is 1. The molecule has 2 N–H and O–H groups in total. The van der Waals surface area contributed by atoms with E-state index in [2.05, 4.69) is 16.8 Å². The van der Waals surface area contributed by atoms with Crippen molar-refractivity contribution in [2.24, 2.45) is 5.92 Å². The molecule has 1 aromatic rings. The summed E-state index contributed by atoms with van der Waals surface area (Å²) in [7, 11) is 0. The van der Waals surface area contributed by atoms with Crippen LogP contribution in [-0.4, -0.2) is 18.1 Å². The summed E-state index contributed by atoms with van der Waals surface area (Å²) in [4.78, 5) is 6.58. The average molecular weight is 219 g/mol. The molecule has 88 valence electrons. The Morgan fingerprint density at radius 1 is 1.38 bits per heavy atom. The Bertz CT molecular complexity index is 338. The second-order valence-corrected chi connectivity index (χ2v) is 4.67. The van der Waals surface area contributed by atoms with Crippen molar-refractivity contribution >= 4 is 11.4 Å². The molecule has 1 saturated heterocycles. The van der Waals surface area contributed by atoms with E-state index in [1.165, 1.54) is 31.4 Å². The largest absolute Gasteiger partial charge is 0.397 e. The highest BCUT2D eigenvalue weighted by Crippen LogP contribution is 2.24. The fourth-order valence-electron chi connectivity index (χ4n) is 2.45. The van der Waals surface area contributed by atoms with Crippen LogP contribution in [0.1, 0.15) is 32.6 Å². The molecule has 3 nitrogen and oxygen atoms in total. The van der Waals surface area contributed by atoms with E-state index < -0.39 is 0 Å². The van der Waals surface area contributed by atoms with E-state index in [-0.39, 0.29) is 0 Å². The molecule has 3 heteroatoms. The molecule has 0 radical (unpaired) electrons. The normalized spacial score (nSPS) is 21.8. The summed E-state index contributed by atoms with van der Waals surface area (Å²) in [5.41, 5.74) is 7.70. The van der Waals surface area contributed by atoms with Crippen LogP contribution in [0.15, 0.2) is 18.5 Å². The molecule has 1 aliphatic heterocycles. The first kappa shape index (κ1) is 11.2. The highest BCUT2D eigenvalue weighted by atomic mass is 15.1. The summed E-state index contributed by atoms with van der Waals surface area (Å²) in [5, 5.41) is 0. The molecule has 16 heavy (non-hydrogen) atoms. The Balaban J connectivity index is 2.04. The predicted molar refractivity (Wildman–Crippen MR) is 68.5 cm³/mol. The molecule has 0 spiro atoms. The average Bonchev–Trinajstić information content (AvgIpc) is 2.54. The molecule has 0 amide bonds. The molecule has 0 aliphatic carbocycles. The second kappa shape index (κ2) is 5.19. The van der Waals surface area contributed by atoms with Crippen molar-refractivity contribution in [1.29, 1.82) is 0 Å². The fraction of sp³-hybridized carbons (Fsp3) is 0.615. The molecular weight excluding hydrogens is 198 g/mol. The van der Waals surface area contributed by atoms with E-state index in [9.17, 15) is 0 Å². The topological polar surface area (TPSA) is 42.2 Å². The number of aromatic nitrogens is 1. The third kappa shape index (κ3) is 2.65. The van der Waals surface area contributed by atoms with E-state index in [4.69, 9.17) is 5.73 Å². The summed E-state index contributed by atoms with van der Waals surface area (Å²) in [5.74, 6) is 0.902. The lowest BCUT2D eigenvalue weighted by atomic mass is 9.98. The Labute approximate surface area is 97.7 Å². The fourth-order valence-corrected chi connectivity index (χ4v) is 2.45. The molecule has 0 bridgehead atoms. The van der Waals surface area contributed by atoms with E-state index in [0.29, 0.717) is 0 Å². The second-order valence-electron chi connectivity index (χ2n) is 4.67. The van der Waals surface area contributed by atoms with Gasteiger partial charge in [-0.15, -0.1) is 0 Å². The standard InChI is InChI=1S/C13H21N3/c1-2-11-4-3-6-16(7-5-11)13-8-12(14)9-15-10-13/h8-11H,2-7,14H2,1H3. The number of rotatable bonds is 2. The zero-order valence-corrected chi connectivity index (χ0v) is 10.0. The van der Waals surface area contributed by atoms with Gasteiger partial charge in [-0.1, -0.05) is 13.3 Å². The number of nitrogen functional groups attached to an aromatic ring is 1. The first-order valence-corrected chi connectivity index (χ1v) is 6.25. The van der Waals surface area contributed by atoms with Crippen molar-refractivity contribution in [2.75, 3.05) is 23.7 Å². The van der Waals surface area contributed by atoms with Crippen LogP contribution in [0.25, 0.3) is 0 Å². The van der Waals surface area contributed by atoms with Gasteiger partial charge in [0.1, 0.15) is 0 Å². The lowest BCUT2D eigenvalue weighted by Gasteiger charge is -2.22. The summed E-state index contributed by atoms with van der Waals surface area (Å²) in [6, 6.07) is 2.03. The van der Waals surface area contributed by atoms with Crippen LogP contribution in [-0.2, 0) is 0 Å². The molecule has 0 aromatic carbocycles. The third-order valence-corrected chi connectivity index (χ3v) is 3.54. The van der Waals surface area contributed by atoms with Gasteiger partial charge in [0.25, 0.3) is 0 Å². The van der Waals surface area contributed by atoms with Crippen LogP contribution in [0.2, 0.25) is 0 Å². The minimum absolute atomic E-state index is 0.758. The monoisotopic (exact) mass is 219 g/mol. The molecular formula is C13H21N3. The van der Waals surface area contributed by atoms with E-state index in [1.807, 2.05) is 12.3 Å². The van der Waals surface area contributed by atoms with Gasteiger partial charge < -0.3 is 10.6 Å². The zero-order chi connectivity index (χ0) is 11.4. The molecule has 2 heterocycles. The number of anilines is 2. The Morgan fingerprint density at radius 3 is 3.00 bits per heavy atom. The Hall–Kier alpha value is -1.25. The minimum atomic E-state index is 0.758. The third-order valence-electron chi connectivity index (χ3n) is 3.54. The van der Waals surface area contributed by atoms with E-state index in [0.717, 1.165) is 24.7 Å². The molecule has 1 aromatic heterocycles. The predicted octanol–water partition coefficient (Wildman–Crippen LogP) is 2.68. The Morgan fingerprint density at radius 2 is 2.25 bits per heavy atom. The summed E-state index contributed by atoms with van der Waals surface area (Å²) in [6.07, 6.45) is 8.88. The van der Waals surface area contributed by atoms with Crippen molar-refractivity contribution in [3.8, 4) is 0 Å². The summed E-state index contributed by atoms with van der Waals surface area (Å²) in [6.45, 7) is 4.58. The van der Waals surface area contributed by atoms with Crippen molar-refractivity contribution in [1.82, 2.24) is 4.98 Å². The minimum Gasteiger partial charge on any atom is -0.397 e. The van der Waals surface area contributed by atoms with Crippen molar-refractivity contribution < 1.29 is 0 Å². The van der Waals surface area contributed by atoms with Crippen LogP contribution in [0, 0.1) is 5.92 Å². The van der Waals surface area contributed by atoms with E-state index >= 15 is 0 Å². The Kier molecular flexibility index (Phi) is 3.65. The number of hydrogen-bond donors (Lipinski definition) is 1. The van der Waals surface area contributed by atoms with Gasteiger partial charge in [0.15, 0.2) is 0 Å². The zero-order valence-electron chi connectivity index (χ0n) is 10.0. The van der Waals surface area contributed by atoms with Gasteiger partial charge in [0, 0.05) is 19.3 Å². The van der Waals surface area contributed by atoms with Crippen LogP contribution in [0.4, 0.5) is 11.4 Å². The van der Waals surface area contributed by atoms with Gasteiger partial charge in [0.2, 0.25) is 0 Å². The van der Waals surface area contributed by atoms with Gasteiger partial charge >= 0.3 is 0 Å². The lowest BCUT2D eigenvalue weighted by Crippen LogP contribution is -2.24. The van der Waals surface area contributed by atoms with Gasteiger partial charge in [-0.05, 0) is 31.2 Å². The van der Waals surface area contributed by atoms with Gasteiger partial charge in [0.05, 0.1) is 17.6 Å². The van der Waals surface area contributed by atoms with Gasteiger partial charge in [-0.2, -0.15) is 0 Å². The quantitative estimate of drug-likeness (QED) is 0.831. The summed E-state index contributed by atoms with van der Waals surface area (Å²) < 4.78 is 0. The van der Waals surface area contributed by atoms with Crippen LogP contribution < -0.4 is 10.6 Å². The lowest BCUT2D eigenvalue weighted by molar-refractivity contribution is 0.459. The van der Waals surface area contributed by atoms with Crippen molar-refractivity contribution in [3.63, 3.8) is 0 Å². The molecule has 1 unspecified atom stereocenters. The molecule has 0 saturated carbocycles. The van der Waals surface area contributed by atoms with Crippen LogP contribution in [0.3, 0.4) is 0 Å². The van der Waals surface area contributed by atoms with Crippen molar-refractivity contribution in [3.05, 3.63) is 18.5 Å². The number of hydrogen-bond acceptors (Lipinski definition) is 3. The van der Waals surface area contributed by atoms with Gasteiger partial charge in [-0.3, -0.25) is 4.98 Å². The van der Waals surface area contributed by atoms with Crippen LogP contribution in [0.5, 0.6) is 0 Å². The van der Waals surface area contributed by atoms with Crippen LogP contribution >= 0.6 is 0 Å². The maximum atomic E-state index is 5.77. The first-order chi connectivity index (χ1) is 7.79. The number of nitrogens with zero attached hydrogens (tertiary/aromatic N) is 2. The maximum Gasteiger partial charge on any atom is 0.0573 e. The highest BCUT2D eigenvalue weighted by molar-refractivity contribution is 5.53.